The Labute approximate surface area is 199 Å². The molecule has 1 aliphatic rings. The maximum Gasteiger partial charge on any atom is 0.417 e. The highest BCUT2D eigenvalue weighted by molar-refractivity contribution is 7.89. The molecular weight excluding hydrogens is 483 g/mol. The number of aromatic amines is 1. The number of carbonyl (C=O) groups is 1. The Morgan fingerprint density at radius 1 is 1.09 bits per heavy atom. The normalized spacial score (nSPS) is 18.7. The van der Waals surface area contributed by atoms with Crippen LogP contribution in [0.1, 0.15) is 36.8 Å². The second kappa shape index (κ2) is 9.46. The summed E-state index contributed by atoms with van der Waals surface area (Å²) in [6.45, 7) is 1.83. The summed E-state index contributed by atoms with van der Waals surface area (Å²) >= 11 is 0. The van der Waals surface area contributed by atoms with Gasteiger partial charge in [0.25, 0.3) is 5.56 Å². The van der Waals surface area contributed by atoms with Crippen molar-refractivity contribution >= 4 is 26.7 Å². The van der Waals surface area contributed by atoms with Crippen LogP contribution in [0, 0.1) is 0 Å². The van der Waals surface area contributed by atoms with Gasteiger partial charge in [-0.3, -0.25) is 9.59 Å². The number of alkyl halides is 3. The van der Waals surface area contributed by atoms with Crippen molar-refractivity contribution in [3.8, 4) is 11.3 Å². The van der Waals surface area contributed by atoms with Gasteiger partial charge in [-0.25, -0.2) is 13.1 Å². The van der Waals surface area contributed by atoms with Gasteiger partial charge >= 0.3 is 6.18 Å². The van der Waals surface area contributed by atoms with Crippen LogP contribution in [0.5, 0.6) is 0 Å². The van der Waals surface area contributed by atoms with E-state index in [0.29, 0.717) is 23.8 Å². The van der Waals surface area contributed by atoms with E-state index >= 15 is 0 Å². The van der Waals surface area contributed by atoms with Crippen LogP contribution in [0.4, 0.5) is 13.2 Å². The first-order valence-corrected chi connectivity index (χ1v) is 12.7. The molecule has 1 saturated heterocycles. The molecule has 186 valence electrons. The van der Waals surface area contributed by atoms with Crippen LogP contribution >= 0.6 is 0 Å². The standard InChI is InChI=1S/C24H24F3N3O4S/c1-2-9-35(33,34)28-13-16-12-19(22(31)29-16)14-7-8-15-11-21(30-23(32)18(15)10-14)17-5-3-4-6-20(17)24(25,26)27/h3-8,10-11,16,19,28H,2,9,12-13H2,1H3,(H,29,31)(H,30,32)/t16?,19-/m1/s1. The average Bonchev–Trinajstić information content (AvgIpc) is 3.17. The van der Waals surface area contributed by atoms with Crippen LogP contribution in [0.3, 0.4) is 0 Å². The fraction of sp³-hybridized carbons (Fsp3) is 0.333. The number of halogens is 3. The number of amides is 1. The number of rotatable bonds is 7. The summed E-state index contributed by atoms with van der Waals surface area (Å²) in [5.41, 5.74) is -0.941. The first-order valence-electron chi connectivity index (χ1n) is 11.1. The Bertz CT molecular complexity index is 1430. The number of hydrogen-bond donors (Lipinski definition) is 3. The number of benzene rings is 2. The number of carbonyl (C=O) groups excluding carboxylic acids is 1. The fourth-order valence-corrected chi connectivity index (χ4v) is 5.48. The second-order valence-corrected chi connectivity index (χ2v) is 10.5. The minimum Gasteiger partial charge on any atom is -0.351 e. The highest BCUT2D eigenvalue weighted by atomic mass is 32.2. The third kappa shape index (κ3) is 5.40. The molecule has 11 heteroatoms. The largest absolute Gasteiger partial charge is 0.417 e. The molecule has 2 aromatic carbocycles. The first-order chi connectivity index (χ1) is 16.5. The zero-order chi connectivity index (χ0) is 25.4. The van der Waals surface area contributed by atoms with Gasteiger partial charge in [-0.05, 0) is 42.0 Å². The van der Waals surface area contributed by atoms with Gasteiger partial charge in [0.1, 0.15) is 0 Å². The summed E-state index contributed by atoms with van der Waals surface area (Å²) in [5, 5.41) is 3.46. The SMILES string of the molecule is CCCS(=O)(=O)NCC1C[C@H](c2ccc3cc(-c4ccccc4C(F)(F)F)[nH]c(=O)c3c2)C(=O)N1. The Kier molecular flexibility index (Phi) is 6.74. The lowest BCUT2D eigenvalue weighted by Crippen LogP contribution is -2.39. The molecule has 1 amide bonds. The van der Waals surface area contributed by atoms with E-state index in [9.17, 15) is 31.2 Å². The van der Waals surface area contributed by atoms with Crippen molar-refractivity contribution in [2.45, 2.75) is 37.9 Å². The maximum atomic E-state index is 13.4. The molecule has 3 N–H and O–H groups in total. The van der Waals surface area contributed by atoms with Gasteiger partial charge < -0.3 is 10.3 Å². The van der Waals surface area contributed by atoms with Crippen LogP contribution in [0.15, 0.2) is 53.3 Å². The smallest absolute Gasteiger partial charge is 0.351 e. The number of nitrogens with one attached hydrogen (secondary N) is 3. The lowest BCUT2D eigenvalue weighted by molar-refractivity contribution is -0.137. The van der Waals surface area contributed by atoms with Gasteiger partial charge in [-0.2, -0.15) is 13.2 Å². The maximum absolute atomic E-state index is 13.4. The minimum atomic E-state index is -4.58. The fourth-order valence-electron chi connectivity index (χ4n) is 4.35. The van der Waals surface area contributed by atoms with Crippen LogP contribution in [-0.4, -0.2) is 37.6 Å². The number of H-pyrrole nitrogens is 1. The molecule has 0 spiro atoms. The molecule has 35 heavy (non-hydrogen) atoms. The molecule has 1 unspecified atom stereocenters. The van der Waals surface area contributed by atoms with E-state index in [2.05, 4.69) is 15.0 Å². The summed E-state index contributed by atoms with van der Waals surface area (Å²) in [5.74, 6) is -0.860. The number of aromatic nitrogens is 1. The zero-order valence-electron chi connectivity index (χ0n) is 18.8. The molecule has 0 radical (unpaired) electrons. The highest BCUT2D eigenvalue weighted by Crippen LogP contribution is 2.37. The highest BCUT2D eigenvalue weighted by Gasteiger charge is 2.35. The Balaban J connectivity index is 1.61. The molecule has 0 aliphatic carbocycles. The summed E-state index contributed by atoms with van der Waals surface area (Å²) in [6.07, 6.45) is -3.76. The molecular formula is C24H24F3N3O4S. The van der Waals surface area contributed by atoms with Gasteiger partial charge in [0.2, 0.25) is 15.9 Å². The van der Waals surface area contributed by atoms with Gasteiger partial charge in [-0.1, -0.05) is 37.3 Å². The van der Waals surface area contributed by atoms with Crippen molar-refractivity contribution in [3.63, 3.8) is 0 Å². The molecule has 0 bridgehead atoms. The van der Waals surface area contributed by atoms with Crippen molar-refractivity contribution < 1.29 is 26.4 Å². The van der Waals surface area contributed by atoms with Crippen molar-refractivity contribution in [1.29, 1.82) is 0 Å². The number of fused-ring (bicyclic) bond motifs is 1. The van der Waals surface area contributed by atoms with E-state index in [1.165, 1.54) is 24.3 Å². The molecule has 1 aliphatic heterocycles. The van der Waals surface area contributed by atoms with Gasteiger partial charge in [0, 0.05) is 29.2 Å². The van der Waals surface area contributed by atoms with E-state index in [-0.39, 0.29) is 34.8 Å². The third-order valence-corrected chi connectivity index (χ3v) is 7.55. The van der Waals surface area contributed by atoms with Crippen molar-refractivity contribution in [2.24, 2.45) is 0 Å². The second-order valence-electron chi connectivity index (χ2n) is 8.56. The summed E-state index contributed by atoms with van der Waals surface area (Å²) in [6, 6.07) is 10.9. The van der Waals surface area contributed by atoms with E-state index in [0.717, 1.165) is 6.07 Å². The number of hydrogen-bond acceptors (Lipinski definition) is 4. The molecule has 0 saturated carbocycles. The number of pyridine rings is 1. The number of sulfonamides is 1. The molecule has 2 atom stereocenters. The molecule has 1 fully saturated rings. The molecule has 2 heterocycles. The van der Waals surface area contributed by atoms with E-state index in [4.69, 9.17) is 0 Å². The molecule has 3 aromatic rings. The quantitative estimate of drug-likeness (QED) is 0.455. The van der Waals surface area contributed by atoms with Crippen LogP contribution in [-0.2, 0) is 21.0 Å². The van der Waals surface area contributed by atoms with Crippen molar-refractivity contribution in [1.82, 2.24) is 15.0 Å². The van der Waals surface area contributed by atoms with E-state index < -0.39 is 39.3 Å². The summed E-state index contributed by atoms with van der Waals surface area (Å²) < 4.78 is 66.6. The van der Waals surface area contributed by atoms with Crippen LogP contribution < -0.4 is 15.6 Å². The molecule has 4 rings (SSSR count). The van der Waals surface area contributed by atoms with Gasteiger partial charge in [0.15, 0.2) is 0 Å². The van der Waals surface area contributed by atoms with Crippen LogP contribution in [0.2, 0.25) is 0 Å². The Morgan fingerprint density at radius 3 is 2.54 bits per heavy atom. The van der Waals surface area contributed by atoms with Gasteiger partial charge in [-0.15, -0.1) is 0 Å². The summed E-state index contributed by atoms with van der Waals surface area (Å²) in [7, 11) is -3.41. The lowest BCUT2D eigenvalue weighted by Gasteiger charge is -2.14. The van der Waals surface area contributed by atoms with Crippen molar-refractivity contribution in [2.75, 3.05) is 12.3 Å². The zero-order valence-corrected chi connectivity index (χ0v) is 19.6. The predicted molar refractivity (Wildman–Crippen MR) is 126 cm³/mol. The van der Waals surface area contributed by atoms with E-state index in [1.807, 2.05) is 0 Å². The van der Waals surface area contributed by atoms with Crippen LogP contribution in [0.25, 0.3) is 22.0 Å². The molecule has 1 aromatic heterocycles. The minimum absolute atomic E-state index is 0.0000199. The molecule has 7 nitrogen and oxygen atoms in total. The topological polar surface area (TPSA) is 108 Å². The average molecular weight is 508 g/mol. The monoisotopic (exact) mass is 507 g/mol. The predicted octanol–water partition coefficient (Wildman–Crippen LogP) is 3.52. The van der Waals surface area contributed by atoms with E-state index in [1.54, 1.807) is 25.1 Å². The Morgan fingerprint density at radius 2 is 1.83 bits per heavy atom. The first kappa shape index (κ1) is 24.9. The lowest BCUT2D eigenvalue weighted by atomic mass is 9.93. The third-order valence-electron chi connectivity index (χ3n) is 6.00. The summed E-state index contributed by atoms with van der Waals surface area (Å²) in [4.78, 5) is 27.9. The van der Waals surface area contributed by atoms with Gasteiger partial charge in [0.05, 0.1) is 17.2 Å². The van der Waals surface area contributed by atoms with Crippen molar-refractivity contribution in [3.05, 3.63) is 70.0 Å². The Hall–Kier alpha value is -3.18.